The van der Waals surface area contributed by atoms with Crippen LogP contribution < -0.4 is 5.73 Å². The maximum Gasteiger partial charge on any atom is 0.213 e. The van der Waals surface area contributed by atoms with Gasteiger partial charge in [-0.1, -0.05) is 22.8 Å². The van der Waals surface area contributed by atoms with Gasteiger partial charge < -0.3 is 14.8 Å². The molecule has 0 amide bonds. The van der Waals surface area contributed by atoms with Gasteiger partial charge in [0.15, 0.2) is 5.82 Å². The van der Waals surface area contributed by atoms with Crippen molar-refractivity contribution < 1.29 is 4.52 Å². The fraction of sp³-hybridized carbons (Fsp3) is 0.182. The average molecular weight is 264 g/mol. The molecular weight excluding hydrogens is 254 g/mol. The number of aromatic nitrogens is 4. The van der Waals surface area contributed by atoms with Crippen molar-refractivity contribution in [2.24, 2.45) is 0 Å². The number of hydrogen-bond acceptors (Lipinski definition) is 5. The van der Waals surface area contributed by atoms with Crippen LogP contribution in [-0.2, 0) is 13.0 Å². The Morgan fingerprint density at radius 3 is 3.06 bits per heavy atom. The Labute approximate surface area is 107 Å². The predicted octanol–water partition coefficient (Wildman–Crippen LogP) is 1.90. The van der Waals surface area contributed by atoms with Crippen LogP contribution in [0.25, 0.3) is 11.0 Å². The maximum absolute atomic E-state index is 6.07. The molecule has 6 nitrogen and oxygen atoms in total. The Morgan fingerprint density at radius 1 is 1.39 bits per heavy atom. The largest absolute Gasteiger partial charge is 0.369 e. The zero-order valence-corrected chi connectivity index (χ0v) is 10.1. The smallest absolute Gasteiger partial charge is 0.213 e. The maximum atomic E-state index is 6.07. The van der Waals surface area contributed by atoms with Crippen molar-refractivity contribution in [1.29, 1.82) is 0 Å². The summed E-state index contributed by atoms with van der Waals surface area (Å²) in [5.74, 6) is 1.07. The zero-order valence-electron chi connectivity index (χ0n) is 9.38. The van der Waals surface area contributed by atoms with Crippen molar-refractivity contribution in [1.82, 2.24) is 19.7 Å². The standard InChI is InChI=1S/C11H10ClN5O/c12-7-2-1-3-8-10(7)15-11(13)17(8)5-4-9-14-6-18-16-9/h1-3,6H,4-5H2,(H2,13,15). The second-order valence-electron chi connectivity index (χ2n) is 3.83. The van der Waals surface area contributed by atoms with E-state index in [9.17, 15) is 0 Å². The third-order valence-corrected chi connectivity index (χ3v) is 3.03. The van der Waals surface area contributed by atoms with Gasteiger partial charge in [0.2, 0.25) is 12.3 Å². The second kappa shape index (κ2) is 4.30. The first-order valence-electron chi connectivity index (χ1n) is 5.41. The Balaban J connectivity index is 1.96. The molecule has 0 saturated heterocycles. The van der Waals surface area contributed by atoms with Crippen LogP contribution in [0.5, 0.6) is 0 Å². The van der Waals surface area contributed by atoms with E-state index in [1.54, 1.807) is 6.07 Å². The Morgan fingerprint density at radius 2 is 2.28 bits per heavy atom. The van der Waals surface area contributed by atoms with Gasteiger partial charge in [0.25, 0.3) is 0 Å². The lowest BCUT2D eigenvalue weighted by Gasteiger charge is -2.04. The molecule has 0 atom stereocenters. The molecule has 18 heavy (non-hydrogen) atoms. The molecule has 2 N–H and O–H groups in total. The molecule has 2 heterocycles. The van der Waals surface area contributed by atoms with E-state index in [-0.39, 0.29) is 0 Å². The number of halogens is 1. The number of aryl methyl sites for hydroxylation is 2. The average Bonchev–Trinajstić information content (AvgIpc) is 2.95. The minimum atomic E-state index is 0.432. The van der Waals surface area contributed by atoms with Gasteiger partial charge in [-0.15, -0.1) is 0 Å². The number of imidazole rings is 1. The van der Waals surface area contributed by atoms with E-state index in [1.807, 2.05) is 16.7 Å². The quantitative estimate of drug-likeness (QED) is 0.780. The number of nitrogens with two attached hydrogens (primary N) is 1. The van der Waals surface area contributed by atoms with Crippen LogP contribution >= 0.6 is 11.6 Å². The fourth-order valence-electron chi connectivity index (χ4n) is 1.88. The Kier molecular flexibility index (Phi) is 2.64. The number of nitrogens with zero attached hydrogens (tertiary/aromatic N) is 4. The summed E-state index contributed by atoms with van der Waals surface area (Å²) in [6.07, 6.45) is 1.93. The highest BCUT2D eigenvalue weighted by Gasteiger charge is 2.11. The topological polar surface area (TPSA) is 82.8 Å². The molecule has 0 bridgehead atoms. The number of anilines is 1. The number of rotatable bonds is 3. The minimum absolute atomic E-state index is 0.432. The van der Waals surface area contributed by atoms with E-state index in [0.29, 0.717) is 35.3 Å². The number of fused-ring (bicyclic) bond motifs is 1. The minimum Gasteiger partial charge on any atom is -0.369 e. The molecule has 0 aliphatic rings. The molecule has 0 fully saturated rings. The molecule has 92 valence electrons. The molecule has 1 aromatic carbocycles. The van der Waals surface area contributed by atoms with Gasteiger partial charge in [-0.25, -0.2) is 4.98 Å². The molecule has 0 aliphatic heterocycles. The summed E-state index contributed by atoms with van der Waals surface area (Å²) < 4.78 is 6.57. The molecule has 2 aromatic heterocycles. The van der Waals surface area contributed by atoms with Crippen LogP contribution in [0.1, 0.15) is 5.82 Å². The number of para-hydroxylation sites is 1. The normalized spacial score (nSPS) is 11.2. The van der Waals surface area contributed by atoms with Crippen LogP contribution in [0, 0.1) is 0 Å². The van der Waals surface area contributed by atoms with E-state index in [1.165, 1.54) is 6.39 Å². The highest BCUT2D eigenvalue weighted by atomic mass is 35.5. The van der Waals surface area contributed by atoms with Crippen molar-refractivity contribution in [3.8, 4) is 0 Å². The van der Waals surface area contributed by atoms with Gasteiger partial charge in [0.1, 0.15) is 5.52 Å². The summed E-state index contributed by atoms with van der Waals surface area (Å²) in [5, 5.41) is 4.35. The lowest BCUT2D eigenvalue weighted by atomic mass is 10.3. The molecule has 0 unspecified atom stereocenters. The molecule has 0 radical (unpaired) electrons. The summed E-state index contributed by atoms with van der Waals surface area (Å²) in [7, 11) is 0. The van der Waals surface area contributed by atoms with Crippen molar-refractivity contribution in [2.45, 2.75) is 13.0 Å². The van der Waals surface area contributed by atoms with Gasteiger partial charge in [0.05, 0.1) is 10.5 Å². The summed E-state index contributed by atoms with van der Waals surface area (Å²) in [6.45, 7) is 0.627. The van der Waals surface area contributed by atoms with Gasteiger partial charge >= 0.3 is 0 Å². The number of nitrogen functional groups attached to an aromatic ring is 1. The molecule has 0 spiro atoms. The summed E-state index contributed by atoms with van der Waals surface area (Å²) in [4.78, 5) is 8.22. The summed E-state index contributed by atoms with van der Waals surface area (Å²) in [5.41, 5.74) is 7.51. The van der Waals surface area contributed by atoms with E-state index in [4.69, 9.17) is 17.3 Å². The molecule has 7 heteroatoms. The van der Waals surface area contributed by atoms with Crippen LogP contribution in [0.4, 0.5) is 5.95 Å². The monoisotopic (exact) mass is 263 g/mol. The summed E-state index contributed by atoms with van der Waals surface area (Å²) >= 11 is 6.07. The van der Waals surface area contributed by atoms with E-state index in [0.717, 1.165) is 5.52 Å². The SMILES string of the molecule is Nc1nc2c(Cl)cccc2n1CCc1ncon1. The lowest BCUT2D eigenvalue weighted by Crippen LogP contribution is -2.06. The first-order valence-corrected chi connectivity index (χ1v) is 5.79. The zero-order chi connectivity index (χ0) is 12.5. The van der Waals surface area contributed by atoms with Gasteiger partial charge in [0, 0.05) is 13.0 Å². The van der Waals surface area contributed by atoms with Crippen molar-refractivity contribution in [3.05, 3.63) is 35.4 Å². The summed E-state index contributed by atoms with van der Waals surface area (Å²) in [6, 6.07) is 5.59. The third kappa shape index (κ3) is 1.80. The van der Waals surface area contributed by atoms with Crippen molar-refractivity contribution >= 4 is 28.6 Å². The van der Waals surface area contributed by atoms with Crippen molar-refractivity contribution in [3.63, 3.8) is 0 Å². The lowest BCUT2D eigenvalue weighted by molar-refractivity contribution is 0.408. The van der Waals surface area contributed by atoms with Gasteiger partial charge in [-0.3, -0.25) is 0 Å². The third-order valence-electron chi connectivity index (χ3n) is 2.73. The molecule has 0 saturated carbocycles. The highest BCUT2D eigenvalue weighted by Crippen LogP contribution is 2.24. The van der Waals surface area contributed by atoms with Crippen LogP contribution in [0.3, 0.4) is 0 Å². The van der Waals surface area contributed by atoms with E-state index >= 15 is 0 Å². The first-order chi connectivity index (χ1) is 8.75. The first kappa shape index (κ1) is 11.0. The van der Waals surface area contributed by atoms with Crippen LogP contribution in [-0.4, -0.2) is 19.7 Å². The second-order valence-corrected chi connectivity index (χ2v) is 4.23. The van der Waals surface area contributed by atoms with E-state index in [2.05, 4.69) is 19.6 Å². The Hall–Kier alpha value is -2.08. The highest BCUT2D eigenvalue weighted by molar-refractivity contribution is 6.35. The molecule has 0 aliphatic carbocycles. The molecule has 3 rings (SSSR count). The van der Waals surface area contributed by atoms with Gasteiger partial charge in [-0.05, 0) is 12.1 Å². The van der Waals surface area contributed by atoms with E-state index < -0.39 is 0 Å². The fourth-order valence-corrected chi connectivity index (χ4v) is 2.09. The molecular formula is C11H10ClN5O. The van der Waals surface area contributed by atoms with Crippen LogP contribution in [0.2, 0.25) is 5.02 Å². The predicted molar refractivity (Wildman–Crippen MR) is 67.2 cm³/mol. The van der Waals surface area contributed by atoms with Gasteiger partial charge in [-0.2, -0.15) is 4.98 Å². The number of hydrogen-bond donors (Lipinski definition) is 1. The van der Waals surface area contributed by atoms with Crippen LogP contribution in [0.15, 0.2) is 29.1 Å². The van der Waals surface area contributed by atoms with Crippen molar-refractivity contribution in [2.75, 3.05) is 5.73 Å². The molecule has 3 aromatic rings. The number of benzene rings is 1. The Bertz CT molecular complexity index is 676.